The molecule has 0 heterocycles. The maximum Gasteiger partial charge on any atom is 0.317 e. The summed E-state index contributed by atoms with van der Waals surface area (Å²) in [5.74, 6) is -2.39. The molecule has 23 heavy (non-hydrogen) atoms. The Morgan fingerprint density at radius 3 is 2.48 bits per heavy atom. The van der Waals surface area contributed by atoms with Crippen LogP contribution in [0, 0.1) is 5.82 Å². The van der Waals surface area contributed by atoms with Crippen LogP contribution in [0.15, 0.2) is 24.3 Å². The lowest BCUT2D eigenvalue weighted by Gasteiger charge is -2.27. The Kier molecular flexibility index (Phi) is 5.31. The molecular weight excluding hydrogens is 303 g/mol. The number of carbonyl (C=O) groups is 3. The highest BCUT2D eigenvalue weighted by atomic mass is 19.1. The van der Waals surface area contributed by atoms with E-state index in [0.29, 0.717) is 18.4 Å². The van der Waals surface area contributed by atoms with E-state index in [1.54, 1.807) is 18.2 Å². The van der Waals surface area contributed by atoms with E-state index in [-0.39, 0.29) is 6.54 Å². The average Bonchev–Trinajstić information content (AvgIpc) is 3.01. The lowest BCUT2D eigenvalue weighted by Crippen LogP contribution is -2.40. The molecule has 0 saturated heterocycles. The number of primary amides is 1. The number of hydrogen-bond acceptors (Lipinski definition) is 4. The molecule has 2 rings (SSSR count). The van der Waals surface area contributed by atoms with Crippen LogP contribution >= 0.6 is 0 Å². The summed E-state index contributed by atoms with van der Waals surface area (Å²) in [7, 11) is 0. The van der Waals surface area contributed by atoms with Crippen molar-refractivity contribution in [3.8, 4) is 0 Å². The fourth-order valence-electron chi connectivity index (χ4n) is 2.92. The van der Waals surface area contributed by atoms with Crippen molar-refractivity contribution in [3.05, 3.63) is 35.6 Å². The van der Waals surface area contributed by atoms with Crippen molar-refractivity contribution in [1.82, 2.24) is 5.32 Å². The first-order valence-corrected chi connectivity index (χ1v) is 7.43. The summed E-state index contributed by atoms with van der Waals surface area (Å²) in [4.78, 5) is 34.6. The fourth-order valence-corrected chi connectivity index (χ4v) is 2.92. The highest BCUT2D eigenvalue weighted by Gasteiger charge is 2.45. The van der Waals surface area contributed by atoms with Gasteiger partial charge in [-0.25, -0.2) is 4.39 Å². The van der Waals surface area contributed by atoms with Crippen LogP contribution in [0.2, 0.25) is 0 Å². The second-order valence-electron chi connectivity index (χ2n) is 5.59. The van der Waals surface area contributed by atoms with Crippen LogP contribution in [0.25, 0.3) is 0 Å². The molecule has 1 aliphatic carbocycles. The number of rotatable bonds is 6. The third kappa shape index (κ3) is 3.85. The Morgan fingerprint density at radius 1 is 1.22 bits per heavy atom. The normalized spacial score (nSPS) is 15.9. The maximum absolute atomic E-state index is 14.1. The Labute approximate surface area is 133 Å². The lowest BCUT2D eigenvalue weighted by molar-refractivity contribution is -0.154. The second-order valence-corrected chi connectivity index (χ2v) is 5.59. The van der Waals surface area contributed by atoms with Gasteiger partial charge >= 0.3 is 5.97 Å². The Bertz CT molecular complexity index is 612. The number of esters is 1. The molecule has 2 amide bonds. The fraction of sp³-hybridized carbons (Fsp3) is 0.438. The van der Waals surface area contributed by atoms with Gasteiger partial charge in [0.15, 0.2) is 6.61 Å². The zero-order valence-corrected chi connectivity index (χ0v) is 12.6. The van der Waals surface area contributed by atoms with Crippen molar-refractivity contribution in [2.45, 2.75) is 31.1 Å². The van der Waals surface area contributed by atoms with Crippen molar-refractivity contribution in [3.63, 3.8) is 0 Å². The lowest BCUT2D eigenvalue weighted by atomic mass is 9.78. The third-order valence-corrected chi connectivity index (χ3v) is 4.03. The predicted octanol–water partition coefficient (Wildman–Crippen LogP) is 0.782. The average molecular weight is 322 g/mol. The summed E-state index contributed by atoms with van der Waals surface area (Å²) < 4.78 is 19.2. The maximum atomic E-state index is 14.1. The summed E-state index contributed by atoms with van der Waals surface area (Å²) in [5.41, 5.74) is 4.17. The van der Waals surface area contributed by atoms with Gasteiger partial charge < -0.3 is 15.8 Å². The van der Waals surface area contributed by atoms with Gasteiger partial charge in [-0.05, 0) is 18.9 Å². The van der Waals surface area contributed by atoms with Gasteiger partial charge in [0, 0.05) is 5.56 Å². The first kappa shape index (κ1) is 16.9. The van der Waals surface area contributed by atoms with Crippen LogP contribution in [0.4, 0.5) is 4.39 Å². The standard InChI is InChI=1S/C16H19FN2O4/c17-12-6-2-1-5-11(12)16(7-3-4-8-16)15(22)23-10-14(21)19-9-13(18)20/h1-2,5-6H,3-4,7-10H2,(H2,18,20)(H,19,21). The molecule has 1 aromatic rings. The smallest absolute Gasteiger partial charge is 0.317 e. The topological polar surface area (TPSA) is 98.5 Å². The molecule has 1 aromatic carbocycles. The molecule has 1 saturated carbocycles. The van der Waals surface area contributed by atoms with Gasteiger partial charge in [0.25, 0.3) is 5.91 Å². The van der Waals surface area contributed by atoms with Crippen molar-refractivity contribution >= 4 is 17.8 Å². The van der Waals surface area contributed by atoms with Gasteiger partial charge in [-0.15, -0.1) is 0 Å². The van der Waals surface area contributed by atoms with Gasteiger partial charge in [0.2, 0.25) is 5.91 Å². The Morgan fingerprint density at radius 2 is 1.87 bits per heavy atom. The van der Waals surface area contributed by atoms with Crippen molar-refractivity contribution in [1.29, 1.82) is 0 Å². The van der Waals surface area contributed by atoms with Crippen molar-refractivity contribution in [2.24, 2.45) is 5.73 Å². The van der Waals surface area contributed by atoms with E-state index in [2.05, 4.69) is 5.32 Å². The predicted molar refractivity (Wildman–Crippen MR) is 79.7 cm³/mol. The van der Waals surface area contributed by atoms with Crippen LogP contribution in [0.1, 0.15) is 31.2 Å². The number of amides is 2. The van der Waals surface area contributed by atoms with Crippen molar-refractivity contribution in [2.75, 3.05) is 13.2 Å². The summed E-state index contributed by atoms with van der Waals surface area (Å²) in [6.45, 7) is -0.850. The van der Waals surface area contributed by atoms with Crippen molar-refractivity contribution < 1.29 is 23.5 Å². The molecule has 1 fully saturated rings. The molecule has 0 aromatic heterocycles. The summed E-state index contributed by atoms with van der Waals surface area (Å²) in [6, 6.07) is 6.12. The zero-order valence-electron chi connectivity index (χ0n) is 12.6. The molecule has 0 bridgehead atoms. The zero-order chi connectivity index (χ0) is 16.9. The number of nitrogens with one attached hydrogen (secondary N) is 1. The third-order valence-electron chi connectivity index (χ3n) is 4.03. The highest BCUT2D eigenvalue weighted by molar-refractivity contribution is 5.88. The minimum Gasteiger partial charge on any atom is -0.455 e. The van der Waals surface area contributed by atoms with Gasteiger partial charge in [-0.3, -0.25) is 14.4 Å². The second kappa shape index (κ2) is 7.21. The number of hydrogen-bond donors (Lipinski definition) is 2. The minimum atomic E-state index is -1.05. The molecule has 0 spiro atoms. The first-order valence-electron chi connectivity index (χ1n) is 7.43. The van der Waals surface area contributed by atoms with Gasteiger partial charge in [-0.1, -0.05) is 31.0 Å². The molecule has 0 radical (unpaired) electrons. The quantitative estimate of drug-likeness (QED) is 0.756. The summed E-state index contributed by atoms with van der Waals surface area (Å²) >= 11 is 0. The van der Waals surface area contributed by atoms with E-state index in [4.69, 9.17) is 10.5 Å². The largest absolute Gasteiger partial charge is 0.455 e. The molecule has 0 atom stereocenters. The van der Waals surface area contributed by atoms with Crippen LogP contribution in [-0.2, 0) is 24.5 Å². The highest BCUT2D eigenvalue weighted by Crippen LogP contribution is 2.43. The number of carbonyl (C=O) groups excluding carboxylic acids is 3. The van der Waals surface area contributed by atoms with Crippen LogP contribution in [0.3, 0.4) is 0 Å². The van der Waals surface area contributed by atoms with E-state index in [1.165, 1.54) is 6.07 Å². The molecule has 1 aliphatic rings. The van der Waals surface area contributed by atoms with E-state index in [0.717, 1.165) is 12.8 Å². The molecule has 3 N–H and O–H groups in total. The van der Waals surface area contributed by atoms with E-state index in [1.807, 2.05) is 0 Å². The number of halogens is 1. The SMILES string of the molecule is NC(=O)CNC(=O)COC(=O)C1(c2ccccc2F)CCCC1. The van der Waals surface area contributed by atoms with Gasteiger partial charge in [0.1, 0.15) is 5.82 Å². The molecular formula is C16H19FN2O4. The summed E-state index contributed by atoms with van der Waals surface area (Å²) in [6.07, 6.45) is 2.54. The Hall–Kier alpha value is -2.44. The Balaban J connectivity index is 2.07. The van der Waals surface area contributed by atoms with Gasteiger partial charge in [0.05, 0.1) is 12.0 Å². The number of benzene rings is 1. The van der Waals surface area contributed by atoms with Crippen LogP contribution in [-0.4, -0.2) is 30.9 Å². The van der Waals surface area contributed by atoms with Gasteiger partial charge in [-0.2, -0.15) is 0 Å². The molecule has 0 aliphatic heterocycles. The molecule has 124 valence electrons. The molecule has 6 nitrogen and oxygen atoms in total. The van der Waals surface area contributed by atoms with Crippen LogP contribution < -0.4 is 11.1 Å². The van der Waals surface area contributed by atoms with Crippen LogP contribution in [0.5, 0.6) is 0 Å². The van der Waals surface area contributed by atoms with E-state index in [9.17, 15) is 18.8 Å². The van der Waals surface area contributed by atoms with E-state index < -0.39 is 35.6 Å². The number of ether oxygens (including phenoxy) is 1. The monoisotopic (exact) mass is 322 g/mol. The summed E-state index contributed by atoms with van der Waals surface area (Å²) in [5, 5.41) is 2.23. The number of nitrogens with two attached hydrogens (primary N) is 1. The molecule has 7 heteroatoms. The van der Waals surface area contributed by atoms with E-state index >= 15 is 0 Å². The minimum absolute atomic E-state index is 0.306. The molecule has 0 unspecified atom stereocenters. The first-order chi connectivity index (χ1) is 11.0.